The van der Waals surface area contributed by atoms with Crippen LogP contribution in [0, 0.1) is 0 Å². The summed E-state index contributed by atoms with van der Waals surface area (Å²) in [7, 11) is 0. The molecule has 1 aromatic heterocycles. The zero-order chi connectivity index (χ0) is 21.6. The van der Waals surface area contributed by atoms with Crippen LogP contribution in [0.5, 0.6) is 0 Å². The topological polar surface area (TPSA) is 62.7 Å². The first kappa shape index (κ1) is 22.0. The number of nitrogens with zero attached hydrogens (tertiary/aromatic N) is 2. The van der Waals surface area contributed by atoms with Gasteiger partial charge in [0, 0.05) is 31.1 Å². The number of rotatable bonds is 9. The molecule has 1 aliphatic carbocycles. The summed E-state index contributed by atoms with van der Waals surface area (Å²) in [6, 6.07) is 13.4. The molecule has 31 heavy (non-hydrogen) atoms. The van der Waals surface area contributed by atoms with Crippen molar-refractivity contribution in [1.82, 2.24) is 9.88 Å². The van der Waals surface area contributed by atoms with Crippen LogP contribution in [0.3, 0.4) is 0 Å². The molecular formula is C26H34N2O3. The average Bonchev–Trinajstić information content (AvgIpc) is 3.22. The molecule has 2 aliphatic rings. The van der Waals surface area contributed by atoms with Gasteiger partial charge in [-0.1, -0.05) is 43.3 Å². The molecular weight excluding hydrogens is 388 g/mol. The third kappa shape index (κ3) is 5.52. The third-order valence-corrected chi connectivity index (χ3v) is 6.72. The van der Waals surface area contributed by atoms with E-state index in [-0.39, 0.29) is 6.10 Å². The van der Waals surface area contributed by atoms with Crippen LogP contribution < -0.4 is 0 Å². The SMILES string of the molecule is CC1CCCc2nc(CCCCO[C@@H]3CCN(C(C(=O)O)c4ccccc4)C3)ccc21. The maximum absolute atomic E-state index is 11.8. The maximum Gasteiger partial charge on any atom is 0.325 e. The van der Waals surface area contributed by atoms with Gasteiger partial charge in [-0.05, 0) is 68.1 Å². The van der Waals surface area contributed by atoms with Crippen molar-refractivity contribution in [2.75, 3.05) is 19.7 Å². The number of carboxylic acids is 1. The first-order chi connectivity index (χ1) is 15.1. The Balaban J connectivity index is 1.19. The van der Waals surface area contributed by atoms with Crippen molar-refractivity contribution >= 4 is 5.97 Å². The van der Waals surface area contributed by atoms with Crippen molar-refractivity contribution in [3.8, 4) is 0 Å². The van der Waals surface area contributed by atoms with Gasteiger partial charge in [-0.2, -0.15) is 0 Å². The normalized spacial score (nSPS) is 22.2. The standard InChI is InChI=1S/C26H34N2O3/c1-19-8-7-12-24-23(19)14-13-21(27-24)11-5-6-17-31-22-15-16-28(18-22)25(26(29)30)20-9-3-2-4-10-20/h2-4,9-10,13-14,19,22,25H,5-8,11-12,15-18H2,1H3,(H,29,30)/t19?,22-,25?/m1/s1. The largest absolute Gasteiger partial charge is 0.480 e. The van der Waals surface area contributed by atoms with E-state index in [1.54, 1.807) is 0 Å². The van der Waals surface area contributed by atoms with Crippen LogP contribution in [0.4, 0.5) is 0 Å². The lowest BCUT2D eigenvalue weighted by Gasteiger charge is -2.24. The van der Waals surface area contributed by atoms with E-state index in [0.29, 0.717) is 12.5 Å². The summed E-state index contributed by atoms with van der Waals surface area (Å²) in [6.45, 7) is 4.47. The molecule has 1 N–H and O–H groups in total. The number of hydrogen-bond acceptors (Lipinski definition) is 4. The van der Waals surface area contributed by atoms with Crippen LogP contribution >= 0.6 is 0 Å². The number of aliphatic carboxylic acids is 1. The van der Waals surface area contributed by atoms with Gasteiger partial charge in [0.2, 0.25) is 0 Å². The molecule has 2 aromatic rings. The van der Waals surface area contributed by atoms with E-state index in [2.05, 4.69) is 19.1 Å². The number of aromatic nitrogens is 1. The molecule has 4 rings (SSSR count). The van der Waals surface area contributed by atoms with Gasteiger partial charge in [0.1, 0.15) is 6.04 Å². The van der Waals surface area contributed by atoms with Crippen LogP contribution in [0.2, 0.25) is 0 Å². The lowest BCUT2D eigenvalue weighted by atomic mass is 9.87. The molecule has 0 saturated carbocycles. The number of ether oxygens (including phenoxy) is 1. The Kier molecular flexibility index (Phi) is 7.36. The van der Waals surface area contributed by atoms with Crippen molar-refractivity contribution in [3.05, 3.63) is 65.0 Å². The van der Waals surface area contributed by atoms with Crippen LogP contribution in [0.1, 0.15) is 73.5 Å². The van der Waals surface area contributed by atoms with Crippen LogP contribution in [-0.4, -0.2) is 46.8 Å². The quantitative estimate of drug-likeness (QED) is 0.590. The van der Waals surface area contributed by atoms with Gasteiger partial charge in [0.05, 0.1) is 6.10 Å². The van der Waals surface area contributed by atoms with E-state index in [0.717, 1.165) is 50.8 Å². The number of unbranched alkanes of at least 4 members (excludes halogenated alkanes) is 1. The zero-order valence-electron chi connectivity index (χ0n) is 18.5. The molecule has 2 heterocycles. The first-order valence-electron chi connectivity index (χ1n) is 11.7. The summed E-state index contributed by atoms with van der Waals surface area (Å²) in [6.07, 6.45) is 7.74. The Morgan fingerprint density at radius 3 is 2.84 bits per heavy atom. The molecule has 5 heteroatoms. The zero-order valence-corrected chi connectivity index (χ0v) is 18.5. The highest BCUT2D eigenvalue weighted by atomic mass is 16.5. The summed E-state index contributed by atoms with van der Waals surface area (Å²) in [5, 5.41) is 9.73. The van der Waals surface area contributed by atoms with Gasteiger partial charge in [0.25, 0.3) is 0 Å². The summed E-state index contributed by atoms with van der Waals surface area (Å²) in [4.78, 5) is 18.8. The molecule has 0 bridgehead atoms. The number of benzene rings is 1. The van der Waals surface area contributed by atoms with Gasteiger partial charge in [-0.15, -0.1) is 0 Å². The Hall–Kier alpha value is -2.24. The lowest BCUT2D eigenvalue weighted by Crippen LogP contribution is -2.33. The van der Waals surface area contributed by atoms with Crippen LogP contribution in [-0.2, 0) is 22.4 Å². The summed E-state index contributed by atoms with van der Waals surface area (Å²) in [5.74, 6) is -0.147. The number of likely N-dealkylation sites (tertiary alicyclic amines) is 1. The fraction of sp³-hybridized carbons (Fsp3) is 0.538. The minimum atomic E-state index is -0.793. The molecule has 0 amide bonds. The fourth-order valence-electron chi connectivity index (χ4n) is 5.00. The van der Waals surface area contributed by atoms with E-state index in [1.165, 1.54) is 29.8 Å². The molecule has 1 aliphatic heterocycles. The molecule has 1 saturated heterocycles. The number of carboxylic acid groups (broad SMARTS) is 1. The monoisotopic (exact) mass is 422 g/mol. The average molecular weight is 423 g/mol. The molecule has 5 nitrogen and oxygen atoms in total. The number of pyridine rings is 1. The molecule has 0 radical (unpaired) electrons. The second kappa shape index (κ2) is 10.4. The van der Waals surface area contributed by atoms with Crippen LogP contribution in [0.25, 0.3) is 0 Å². The number of hydrogen-bond donors (Lipinski definition) is 1. The maximum atomic E-state index is 11.8. The summed E-state index contributed by atoms with van der Waals surface area (Å²) in [5.41, 5.74) is 4.79. The molecule has 3 atom stereocenters. The highest BCUT2D eigenvalue weighted by Gasteiger charge is 2.33. The van der Waals surface area contributed by atoms with E-state index >= 15 is 0 Å². The predicted octanol–water partition coefficient (Wildman–Crippen LogP) is 4.76. The summed E-state index contributed by atoms with van der Waals surface area (Å²) >= 11 is 0. The highest BCUT2D eigenvalue weighted by molar-refractivity contribution is 5.75. The number of carbonyl (C=O) groups is 1. The first-order valence-corrected chi connectivity index (χ1v) is 11.7. The van der Waals surface area contributed by atoms with E-state index in [1.807, 2.05) is 35.2 Å². The molecule has 0 spiro atoms. The van der Waals surface area contributed by atoms with Crippen molar-refractivity contribution in [3.63, 3.8) is 0 Å². The van der Waals surface area contributed by atoms with E-state index in [4.69, 9.17) is 9.72 Å². The van der Waals surface area contributed by atoms with Gasteiger partial charge >= 0.3 is 5.97 Å². The van der Waals surface area contributed by atoms with Gasteiger partial charge in [-0.3, -0.25) is 14.7 Å². The van der Waals surface area contributed by atoms with Gasteiger partial charge < -0.3 is 9.84 Å². The van der Waals surface area contributed by atoms with Crippen molar-refractivity contribution in [2.45, 2.75) is 69.9 Å². The molecule has 1 fully saturated rings. The predicted molar refractivity (Wildman–Crippen MR) is 121 cm³/mol. The summed E-state index contributed by atoms with van der Waals surface area (Å²) < 4.78 is 6.09. The van der Waals surface area contributed by atoms with E-state index < -0.39 is 12.0 Å². The molecule has 1 aromatic carbocycles. The van der Waals surface area contributed by atoms with Crippen molar-refractivity contribution < 1.29 is 14.6 Å². The molecule has 2 unspecified atom stereocenters. The Morgan fingerprint density at radius 1 is 1.19 bits per heavy atom. The van der Waals surface area contributed by atoms with Crippen molar-refractivity contribution in [2.24, 2.45) is 0 Å². The number of fused-ring (bicyclic) bond motifs is 1. The number of aryl methyl sites for hydroxylation is 2. The lowest BCUT2D eigenvalue weighted by molar-refractivity contribution is -0.143. The highest BCUT2D eigenvalue weighted by Crippen LogP contribution is 2.30. The Labute approximate surface area is 185 Å². The van der Waals surface area contributed by atoms with Gasteiger partial charge in [-0.25, -0.2) is 0 Å². The molecule has 166 valence electrons. The van der Waals surface area contributed by atoms with E-state index in [9.17, 15) is 9.90 Å². The van der Waals surface area contributed by atoms with Crippen molar-refractivity contribution in [1.29, 1.82) is 0 Å². The second-order valence-corrected chi connectivity index (χ2v) is 9.02. The smallest absolute Gasteiger partial charge is 0.325 e. The van der Waals surface area contributed by atoms with Crippen LogP contribution in [0.15, 0.2) is 42.5 Å². The fourth-order valence-corrected chi connectivity index (χ4v) is 5.00. The Morgan fingerprint density at radius 2 is 2.03 bits per heavy atom. The van der Waals surface area contributed by atoms with Gasteiger partial charge in [0.15, 0.2) is 0 Å². The minimum Gasteiger partial charge on any atom is -0.480 e. The minimum absolute atomic E-state index is 0.119. The third-order valence-electron chi connectivity index (χ3n) is 6.72. The second-order valence-electron chi connectivity index (χ2n) is 9.02. The Bertz CT molecular complexity index is 870.